The Bertz CT molecular complexity index is 900. The highest BCUT2D eigenvalue weighted by Gasteiger charge is 2.48. The molecule has 0 saturated carbocycles. The molecule has 0 unspecified atom stereocenters. The van der Waals surface area contributed by atoms with Crippen molar-refractivity contribution in [1.82, 2.24) is 0 Å². The smallest absolute Gasteiger partial charge is 0.335 e. The van der Waals surface area contributed by atoms with Crippen molar-refractivity contribution in [1.29, 1.82) is 0 Å². The molecule has 1 aliphatic heterocycles. The molecule has 5 N–H and O–H groups in total. The van der Waals surface area contributed by atoms with Gasteiger partial charge in [0, 0.05) is 0 Å². The van der Waals surface area contributed by atoms with E-state index in [0.29, 0.717) is 0 Å². The van der Waals surface area contributed by atoms with Crippen LogP contribution in [-0.4, -0.2) is 68.2 Å². The Morgan fingerprint density at radius 2 is 1.60 bits per heavy atom. The monoisotopic (exact) mass is 420 g/mol. The van der Waals surface area contributed by atoms with Crippen LogP contribution in [0.25, 0.3) is 0 Å². The fourth-order valence-electron chi connectivity index (χ4n) is 2.86. The molecule has 160 valence electrons. The van der Waals surface area contributed by atoms with E-state index in [-0.39, 0.29) is 23.7 Å². The number of carbonyl (C=O) groups is 2. The standard InChI is InChI=1S/C20H20O10/c21-14-15(22)17(19(26)27)30-20(16(14)23)29-13-8-11(18(24)25)6-7-12(13)28-9-10-4-2-1-3-5-10/h1-8,14-17,20-23H,9H2,(H,24,25)(H,26,27)/t14-,15-,16+,17-,20+/m0/s1. The maximum absolute atomic E-state index is 11.3. The van der Waals surface area contributed by atoms with Crippen LogP contribution in [0.15, 0.2) is 48.5 Å². The van der Waals surface area contributed by atoms with E-state index >= 15 is 0 Å². The molecule has 0 aromatic heterocycles. The van der Waals surface area contributed by atoms with E-state index in [9.17, 15) is 30.0 Å². The van der Waals surface area contributed by atoms with E-state index in [1.54, 1.807) is 0 Å². The Morgan fingerprint density at radius 1 is 0.900 bits per heavy atom. The minimum absolute atomic E-state index is 0.104. The summed E-state index contributed by atoms with van der Waals surface area (Å²) in [5, 5.41) is 48.2. The van der Waals surface area contributed by atoms with Crippen molar-refractivity contribution in [3.05, 3.63) is 59.7 Å². The molecule has 0 amide bonds. The number of aromatic carboxylic acids is 1. The van der Waals surface area contributed by atoms with Crippen LogP contribution in [0.5, 0.6) is 11.5 Å². The van der Waals surface area contributed by atoms with Gasteiger partial charge in [0.05, 0.1) is 5.56 Å². The maximum Gasteiger partial charge on any atom is 0.335 e. The van der Waals surface area contributed by atoms with Crippen LogP contribution in [0.3, 0.4) is 0 Å². The number of hydrogen-bond acceptors (Lipinski definition) is 8. The summed E-state index contributed by atoms with van der Waals surface area (Å²) in [6.45, 7) is 0.122. The zero-order valence-electron chi connectivity index (χ0n) is 15.5. The highest BCUT2D eigenvalue weighted by atomic mass is 16.7. The summed E-state index contributed by atoms with van der Waals surface area (Å²) in [6, 6.07) is 12.8. The third-order valence-corrected chi connectivity index (χ3v) is 4.48. The zero-order chi connectivity index (χ0) is 21.8. The third-order valence-electron chi connectivity index (χ3n) is 4.48. The van der Waals surface area contributed by atoms with Gasteiger partial charge in [-0.2, -0.15) is 0 Å². The fraction of sp³-hybridized carbons (Fsp3) is 0.300. The van der Waals surface area contributed by atoms with E-state index < -0.39 is 42.6 Å². The maximum atomic E-state index is 11.3. The minimum atomic E-state index is -1.88. The van der Waals surface area contributed by atoms with Crippen molar-refractivity contribution < 1.29 is 49.3 Å². The first-order valence-corrected chi connectivity index (χ1v) is 8.91. The molecule has 3 rings (SSSR count). The summed E-state index contributed by atoms with van der Waals surface area (Å²) >= 11 is 0. The van der Waals surface area contributed by atoms with Gasteiger partial charge in [-0.25, -0.2) is 9.59 Å². The summed E-state index contributed by atoms with van der Waals surface area (Å²) in [6.07, 6.45) is -9.10. The van der Waals surface area contributed by atoms with Gasteiger partial charge < -0.3 is 39.7 Å². The summed E-state index contributed by atoms with van der Waals surface area (Å²) in [5.74, 6) is -2.87. The van der Waals surface area contributed by atoms with E-state index in [1.165, 1.54) is 12.1 Å². The van der Waals surface area contributed by atoms with Crippen LogP contribution >= 0.6 is 0 Å². The average Bonchev–Trinajstić information content (AvgIpc) is 2.73. The fourth-order valence-corrected chi connectivity index (χ4v) is 2.86. The van der Waals surface area contributed by atoms with Crippen molar-refractivity contribution >= 4 is 11.9 Å². The van der Waals surface area contributed by atoms with E-state index in [1.807, 2.05) is 30.3 Å². The van der Waals surface area contributed by atoms with Crippen LogP contribution < -0.4 is 9.47 Å². The lowest BCUT2D eigenvalue weighted by molar-refractivity contribution is -0.271. The molecule has 1 saturated heterocycles. The van der Waals surface area contributed by atoms with Crippen LogP contribution in [0.1, 0.15) is 15.9 Å². The van der Waals surface area contributed by atoms with E-state index in [4.69, 9.17) is 19.3 Å². The first-order valence-electron chi connectivity index (χ1n) is 8.91. The largest absolute Gasteiger partial charge is 0.485 e. The number of carboxylic acid groups (broad SMARTS) is 2. The number of hydrogen-bond donors (Lipinski definition) is 5. The molecule has 1 aliphatic rings. The summed E-state index contributed by atoms with van der Waals surface area (Å²) in [4.78, 5) is 22.6. The third kappa shape index (κ3) is 4.69. The Morgan fingerprint density at radius 3 is 2.23 bits per heavy atom. The second kappa shape index (κ2) is 9.09. The molecular weight excluding hydrogens is 400 g/mol. The molecule has 5 atom stereocenters. The van der Waals surface area contributed by atoms with Crippen molar-refractivity contribution in [2.75, 3.05) is 0 Å². The van der Waals surface area contributed by atoms with Crippen LogP contribution in [0.2, 0.25) is 0 Å². The van der Waals surface area contributed by atoms with Gasteiger partial charge in [0.25, 0.3) is 0 Å². The van der Waals surface area contributed by atoms with Crippen LogP contribution in [-0.2, 0) is 16.1 Å². The number of carboxylic acids is 2. The summed E-state index contributed by atoms with van der Waals surface area (Å²) in [7, 11) is 0. The second-order valence-corrected chi connectivity index (χ2v) is 6.59. The normalized spacial score (nSPS) is 26.0. The zero-order valence-corrected chi connectivity index (χ0v) is 15.5. The molecule has 10 heteroatoms. The van der Waals surface area contributed by atoms with Crippen molar-refractivity contribution in [2.24, 2.45) is 0 Å². The van der Waals surface area contributed by atoms with Gasteiger partial charge in [-0.05, 0) is 23.8 Å². The van der Waals surface area contributed by atoms with Gasteiger partial charge in [0.15, 0.2) is 17.6 Å². The lowest BCUT2D eigenvalue weighted by atomic mass is 9.99. The highest BCUT2D eigenvalue weighted by molar-refractivity contribution is 5.88. The first-order chi connectivity index (χ1) is 14.3. The van der Waals surface area contributed by atoms with Crippen LogP contribution in [0.4, 0.5) is 0 Å². The molecule has 30 heavy (non-hydrogen) atoms. The Balaban J connectivity index is 1.85. The molecule has 2 aromatic rings. The van der Waals surface area contributed by atoms with Crippen molar-refractivity contribution in [3.8, 4) is 11.5 Å². The van der Waals surface area contributed by atoms with Crippen molar-refractivity contribution in [2.45, 2.75) is 37.3 Å². The van der Waals surface area contributed by atoms with Gasteiger partial charge in [-0.1, -0.05) is 30.3 Å². The molecule has 0 radical (unpaired) electrons. The summed E-state index contributed by atoms with van der Waals surface area (Å²) < 4.78 is 16.2. The quantitative estimate of drug-likeness (QED) is 0.419. The number of benzene rings is 2. The minimum Gasteiger partial charge on any atom is -0.485 e. The number of aliphatic hydroxyl groups excluding tert-OH is 3. The molecule has 1 fully saturated rings. The van der Waals surface area contributed by atoms with Gasteiger partial charge in [-0.15, -0.1) is 0 Å². The lowest BCUT2D eigenvalue weighted by Crippen LogP contribution is -2.61. The van der Waals surface area contributed by atoms with Gasteiger partial charge >= 0.3 is 11.9 Å². The first kappa shape index (κ1) is 21.5. The number of aliphatic hydroxyl groups is 3. The molecule has 2 aromatic carbocycles. The number of aliphatic carboxylic acids is 1. The number of rotatable bonds is 7. The second-order valence-electron chi connectivity index (χ2n) is 6.59. The Hall–Kier alpha value is -3.18. The molecule has 0 bridgehead atoms. The van der Waals surface area contributed by atoms with Gasteiger partial charge in [0.2, 0.25) is 6.29 Å². The average molecular weight is 420 g/mol. The van der Waals surface area contributed by atoms with E-state index in [2.05, 4.69) is 0 Å². The van der Waals surface area contributed by atoms with E-state index in [0.717, 1.165) is 11.6 Å². The predicted molar refractivity (Wildman–Crippen MR) is 99.1 cm³/mol. The van der Waals surface area contributed by atoms with Crippen molar-refractivity contribution in [3.63, 3.8) is 0 Å². The summed E-state index contributed by atoms with van der Waals surface area (Å²) in [5.41, 5.74) is 0.668. The van der Waals surface area contributed by atoms with Gasteiger partial charge in [-0.3, -0.25) is 0 Å². The SMILES string of the molecule is O=C(O)c1ccc(OCc2ccccc2)c(O[C@@H]2O[C@H](C(=O)O)[C@@H](O)[C@H](O)[C@H]2O)c1. The van der Waals surface area contributed by atoms with Gasteiger partial charge in [0.1, 0.15) is 24.9 Å². The lowest BCUT2D eigenvalue weighted by Gasteiger charge is -2.38. The Labute approximate surface area is 170 Å². The predicted octanol–water partition coefficient (Wildman–Crippen LogP) is 0.235. The molecule has 0 spiro atoms. The van der Waals surface area contributed by atoms with Crippen LogP contribution in [0, 0.1) is 0 Å². The Kier molecular flexibility index (Phi) is 6.53. The molecular formula is C20H20O10. The number of ether oxygens (including phenoxy) is 3. The molecule has 10 nitrogen and oxygen atoms in total. The molecule has 1 heterocycles. The highest BCUT2D eigenvalue weighted by Crippen LogP contribution is 2.33. The topological polar surface area (TPSA) is 163 Å². The molecule has 0 aliphatic carbocycles.